The first kappa shape index (κ1) is 27.0. The van der Waals surface area contributed by atoms with Gasteiger partial charge in [0.15, 0.2) is 22.5 Å². The number of rotatable bonds is 11. The molecule has 38 heavy (non-hydrogen) atoms. The fourth-order valence-corrected chi connectivity index (χ4v) is 4.46. The van der Waals surface area contributed by atoms with Gasteiger partial charge in [-0.15, -0.1) is 10.2 Å². The molecule has 1 amide bonds. The van der Waals surface area contributed by atoms with Crippen LogP contribution in [0, 0.1) is 0 Å². The van der Waals surface area contributed by atoms with Gasteiger partial charge in [-0.25, -0.2) is 5.43 Å². The molecule has 1 N–H and O–H groups in total. The average Bonchev–Trinajstić information content (AvgIpc) is 3.36. The number of nitrogens with zero attached hydrogens (tertiary/aromatic N) is 4. The molecule has 0 spiro atoms. The predicted molar refractivity (Wildman–Crippen MR) is 149 cm³/mol. The number of hydrazone groups is 1. The smallest absolute Gasteiger partial charge is 0.250 e. The van der Waals surface area contributed by atoms with E-state index in [2.05, 4.69) is 20.7 Å². The molecular weight excluding hydrogens is 526 g/mol. The normalized spacial score (nSPS) is 10.9. The van der Waals surface area contributed by atoms with E-state index in [0.29, 0.717) is 39.7 Å². The molecule has 0 bridgehead atoms. The van der Waals surface area contributed by atoms with Gasteiger partial charge < -0.3 is 14.2 Å². The summed E-state index contributed by atoms with van der Waals surface area (Å²) < 4.78 is 18.1. The van der Waals surface area contributed by atoms with Crippen LogP contribution in [0.3, 0.4) is 0 Å². The van der Waals surface area contributed by atoms with Crippen LogP contribution >= 0.6 is 23.4 Å². The Morgan fingerprint density at radius 1 is 1.05 bits per heavy atom. The Morgan fingerprint density at radius 2 is 1.82 bits per heavy atom. The zero-order valence-electron chi connectivity index (χ0n) is 21.1. The summed E-state index contributed by atoms with van der Waals surface area (Å²) in [4.78, 5) is 12.6. The summed E-state index contributed by atoms with van der Waals surface area (Å²) in [6.07, 6.45) is 1.50. The van der Waals surface area contributed by atoms with Crippen LogP contribution in [0.25, 0.3) is 17.1 Å². The molecule has 196 valence electrons. The number of carbonyl (C=O) groups excluding carboxylic acids is 1. The Hall–Kier alpha value is -4.02. The van der Waals surface area contributed by atoms with Crippen molar-refractivity contribution in [3.63, 3.8) is 0 Å². The molecule has 0 fully saturated rings. The highest BCUT2D eigenvalue weighted by molar-refractivity contribution is 7.99. The van der Waals surface area contributed by atoms with Crippen molar-refractivity contribution in [1.82, 2.24) is 20.2 Å². The van der Waals surface area contributed by atoms with Gasteiger partial charge in [0.05, 0.1) is 32.8 Å². The molecule has 4 aromatic rings. The summed E-state index contributed by atoms with van der Waals surface area (Å²) in [6.45, 7) is 2.51. The number of methoxy groups -OCH3 is 2. The third kappa shape index (κ3) is 6.45. The van der Waals surface area contributed by atoms with Crippen LogP contribution in [0.5, 0.6) is 17.2 Å². The van der Waals surface area contributed by atoms with Crippen molar-refractivity contribution < 1.29 is 19.0 Å². The van der Waals surface area contributed by atoms with Crippen molar-refractivity contribution in [2.24, 2.45) is 5.10 Å². The van der Waals surface area contributed by atoms with E-state index >= 15 is 0 Å². The summed E-state index contributed by atoms with van der Waals surface area (Å²) in [5.74, 6) is 2.25. The maximum Gasteiger partial charge on any atom is 0.250 e. The number of aromatic nitrogens is 3. The fraction of sp³-hybridized carbons (Fsp3) is 0.185. The van der Waals surface area contributed by atoms with Crippen molar-refractivity contribution in [1.29, 1.82) is 0 Å². The third-order valence-corrected chi connectivity index (χ3v) is 6.48. The fourth-order valence-electron chi connectivity index (χ4n) is 3.59. The summed E-state index contributed by atoms with van der Waals surface area (Å²) >= 11 is 7.32. The van der Waals surface area contributed by atoms with Gasteiger partial charge in [0.1, 0.15) is 5.75 Å². The first-order chi connectivity index (χ1) is 18.5. The number of hydrogen-bond donors (Lipinski definition) is 1. The first-order valence-electron chi connectivity index (χ1n) is 11.6. The highest BCUT2D eigenvalue weighted by Gasteiger charge is 2.17. The predicted octanol–water partition coefficient (Wildman–Crippen LogP) is 5.25. The van der Waals surface area contributed by atoms with Crippen LogP contribution < -0.4 is 19.6 Å². The standard InChI is InChI=1S/C27H26ClN5O4S/c1-4-37-22-14-12-21(13-15-22)33-26(18-8-10-20(28)11-9-18)31-32-27(33)38-17-24(34)30-29-16-19-6-5-7-23(35-2)25(19)36-3/h5-16H,4,17H2,1-3H3,(H,30,34). The minimum absolute atomic E-state index is 0.0718. The van der Waals surface area contributed by atoms with Gasteiger partial charge in [0.25, 0.3) is 5.91 Å². The van der Waals surface area contributed by atoms with Crippen molar-refractivity contribution in [2.75, 3.05) is 26.6 Å². The van der Waals surface area contributed by atoms with Crippen LogP contribution in [-0.2, 0) is 4.79 Å². The molecule has 11 heteroatoms. The van der Waals surface area contributed by atoms with Gasteiger partial charge in [0, 0.05) is 21.8 Å². The zero-order chi connectivity index (χ0) is 26.9. The number of ether oxygens (including phenoxy) is 3. The second-order valence-electron chi connectivity index (χ2n) is 7.74. The average molecular weight is 552 g/mol. The van der Waals surface area contributed by atoms with E-state index in [-0.39, 0.29) is 11.7 Å². The van der Waals surface area contributed by atoms with Gasteiger partial charge in [-0.3, -0.25) is 9.36 Å². The van der Waals surface area contributed by atoms with Gasteiger partial charge in [0.2, 0.25) is 0 Å². The van der Waals surface area contributed by atoms with Gasteiger partial charge in [-0.05, 0) is 67.6 Å². The number of carbonyl (C=O) groups is 1. The molecule has 3 aromatic carbocycles. The van der Waals surface area contributed by atoms with Gasteiger partial charge in [-0.2, -0.15) is 5.10 Å². The maximum absolute atomic E-state index is 12.6. The van der Waals surface area contributed by atoms with Gasteiger partial charge in [-0.1, -0.05) is 29.4 Å². The Morgan fingerprint density at radius 3 is 2.50 bits per heavy atom. The summed E-state index contributed by atoms with van der Waals surface area (Å²) in [7, 11) is 3.10. The second-order valence-corrected chi connectivity index (χ2v) is 9.12. The number of para-hydroxylation sites is 1. The number of nitrogens with one attached hydrogen (secondary N) is 1. The summed E-state index contributed by atoms with van der Waals surface area (Å²) in [5.41, 5.74) is 4.87. The Balaban J connectivity index is 1.51. The molecule has 0 saturated carbocycles. The number of thioether (sulfide) groups is 1. The topological polar surface area (TPSA) is 99.9 Å². The number of halogens is 1. The highest BCUT2D eigenvalue weighted by Crippen LogP contribution is 2.30. The molecule has 0 aliphatic rings. The Labute approximate surface area is 229 Å². The first-order valence-corrected chi connectivity index (χ1v) is 13.0. The summed E-state index contributed by atoms with van der Waals surface area (Å²) in [6, 6.07) is 20.3. The minimum Gasteiger partial charge on any atom is -0.494 e. The second kappa shape index (κ2) is 13.0. The van der Waals surface area contributed by atoms with Crippen molar-refractivity contribution >= 4 is 35.5 Å². The van der Waals surface area contributed by atoms with Crippen LogP contribution in [0.15, 0.2) is 77.0 Å². The molecule has 0 aliphatic heterocycles. The molecule has 0 atom stereocenters. The third-order valence-electron chi connectivity index (χ3n) is 5.30. The van der Waals surface area contributed by atoms with Crippen LogP contribution in [-0.4, -0.2) is 53.5 Å². The van der Waals surface area contributed by atoms with Crippen molar-refractivity contribution in [3.8, 4) is 34.3 Å². The molecule has 1 aromatic heterocycles. The van der Waals surface area contributed by atoms with E-state index in [4.69, 9.17) is 25.8 Å². The van der Waals surface area contributed by atoms with Crippen molar-refractivity contribution in [3.05, 3.63) is 77.3 Å². The summed E-state index contributed by atoms with van der Waals surface area (Å²) in [5, 5.41) is 14.0. The molecule has 1 heterocycles. The van der Waals surface area contributed by atoms with E-state index < -0.39 is 0 Å². The van der Waals surface area contributed by atoms with E-state index in [1.165, 1.54) is 18.0 Å². The lowest BCUT2D eigenvalue weighted by atomic mass is 10.2. The van der Waals surface area contributed by atoms with E-state index in [9.17, 15) is 4.79 Å². The van der Waals surface area contributed by atoms with Crippen molar-refractivity contribution in [2.45, 2.75) is 12.1 Å². The number of benzene rings is 3. The minimum atomic E-state index is -0.303. The largest absolute Gasteiger partial charge is 0.494 e. The molecular formula is C27H26ClN5O4S. The lowest BCUT2D eigenvalue weighted by Gasteiger charge is -2.11. The van der Waals surface area contributed by atoms with E-state index in [1.807, 2.05) is 60.0 Å². The lowest BCUT2D eigenvalue weighted by Crippen LogP contribution is -2.20. The van der Waals surface area contributed by atoms with E-state index in [0.717, 1.165) is 17.0 Å². The zero-order valence-corrected chi connectivity index (χ0v) is 22.6. The molecule has 0 saturated heterocycles. The van der Waals surface area contributed by atoms with Gasteiger partial charge >= 0.3 is 0 Å². The Kier molecular flexibility index (Phi) is 9.23. The molecule has 0 unspecified atom stereocenters. The molecule has 9 nitrogen and oxygen atoms in total. The Bertz CT molecular complexity index is 1410. The quantitative estimate of drug-likeness (QED) is 0.154. The monoisotopic (exact) mass is 551 g/mol. The van der Waals surface area contributed by atoms with Crippen LogP contribution in [0.1, 0.15) is 12.5 Å². The molecule has 0 aliphatic carbocycles. The lowest BCUT2D eigenvalue weighted by molar-refractivity contribution is -0.118. The molecule has 0 radical (unpaired) electrons. The highest BCUT2D eigenvalue weighted by atomic mass is 35.5. The number of amides is 1. The number of hydrogen-bond acceptors (Lipinski definition) is 8. The maximum atomic E-state index is 12.6. The molecule has 4 rings (SSSR count). The van der Waals surface area contributed by atoms with Crippen LogP contribution in [0.2, 0.25) is 5.02 Å². The van der Waals surface area contributed by atoms with Crippen LogP contribution in [0.4, 0.5) is 0 Å². The van der Waals surface area contributed by atoms with E-state index in [1.54, 1.807) is 32.4 Å². The SMILES string of the molecule is CCOc1ccc(-n2c(SCC(=O)NN=Cc3cccc(OC)c3OC)nnc2-c2ccc(Cl)cc2)cc1.